The van der Waals surface area contributed by atoms with Gasteiger partial charge in [-0.2, -0.15) is 0 Å². The van der Waals surface area contributed by atoms with Gasteiger partial charge in [0.05, 0.1) is 18.4 Å². The summed E-state index contributed by atoms with van der Waals surface area (Å²) in [7, 11) is 1.30. The minimum absolute atomic E-state index is 0.198. The highest BCUT2D eigenvalue weighted by Gasteiger charge is 2.26. The number of amides is 1. The Hall–Kier alpha value is -2.69. The van der Waals surface area contributed by atoms with E-state index >= 15 is 0 Å². The molecule has 0 N–H and O–H groups in total. The van der Waals surface area contributed by atoms with Gasteiger partial charge in [-0.1, -0.05) is 6.07 Å². The van der Waals surface area contributed by atoms with E-state index in [0.29, 0.717) is 17.7 Å². The second-order valence-electron chi connectivity index (χ2n) is 5.86. The van der Waals surface area contributed by atoms with Gasteiger partial charge >= 0.3 is 5.97 Å². The molecule has 2 aromatic carbocycles. The second-order valence-corrected chi connectivity index (χ2v) is 5.86. The third kappa shape index (κ3) is 2.89. The molecule has 0 bridgehead atoms. The highest BCUT2D eigenvalue weighted by molar-refractivity contribution is 6.08. The highest BCUT2D eigenvalue weighted by Crippen LogP contribution is 2.32. The number of esters is 1. The molecule has 4 nitrogen and oxygen atoms in total. The van der Waals surface area contributed by atoms with E-state index < -0.39 is 5.97 Å². The lowest BCUT2D eigenvalue weighted by molar-refractivity contribution is 0.0600. The number of nitrogens with zero attached hydrogens (tertiary/aromatic N) is 1. The van der Waals surface area contributed by atoms with Crippen LogP contribution in [0, 0.1) is 12.7 Å². The van der Waals surface area contributed by atoms with Crippen LogP contribution in [0.4, 0.5) is 10.1 Å². The summed E-state index contributed by atoms with van der Waals surface area (Å²) >= 11 is 0. The van der Waals surface area contributed by atoms with E-state index in [2.05, 4.69) is 0 Å². The lowest BCUT2D eigenvalue weighted by atomic mass is 9.97. The van der Waals surface area contributed by atoms with Crippen molar-refractivity contribution in [3.8, 4) is 0 Å². The zero-order valence-corrected chi connectivity index (χ0v) is 13.6. The number of fused-ring (bicyclic) bond motifs is 1. The van der Waals surface area contributed by atoms with Crippen LogP contribution in [0.5, 0.6) is 0 Å². The largest absolute Gasteiger partial charge is 0.465 e. The molecule has 0 saturated carbocycles. The maximum atomic E-state index is 13.6. The van der Waals surface area contributed by atoms with Crippen molar-refractivity contribution < 1.29 is 18.7 Å². The standard InChI is InChI=1S/C19H18FNO3/c1-12-9-16(20)11-13-7-4-8-21(17(12)13)18(22)14-5-3-6-15(10-14)19(23)24-2/h3,5-6,9-11H,4,7-8H2,1-2H3. The van der Waals surface area contributed by atoms with Crippen LogP contribution < -0.4 is 4.90 Å². The quantitative estimate of drug-likeness (QED) is 0.793. The van der Waals surface area contributed by atoms with Crippen molar-refractivity contribution in [2.24, 2.45) is 0 Å². The van der Waals surface area contributed by atoms with Crippen molar-refractivity contribution >= 4 is 17.6 Å². The third-order valence-corrected chi connectivity index (χ3v) is 4.22. The van der Waals surface area contributed by atoms with Gasteiger partial charge in [-0.05, 0) is 61.2 Å². The van der Waals surface area contributed by atoms with Gasteiger partial charge < -0.3 is 9.64 Å². The summed E-state index contributed by atoms with van der Waals surface area (Å²) in [5.41, 5.74) is 3.10. The van der Waals surface area contributed by atoms with Crippen molar-refractivity contribution in [1.82, 2.24) is 0 Å². The highest BCUT2D eigenvalue weighted by atomic mass is 19.1. The molecule has 1 aliphatic rings. The van der Waals surface area contributed by atoms with E-state index in [1.165, 1.54) is 25.3 Å². The second kappa shape index (κ2) is 6.43. The minimum Gasteiger partial charge on any atom is -0.465 e. The Balaban J connectivity index is 2.00. The van der Waals surface area contributed by atoms with Crippen molar-refractivity contribution in [3.63, 3.8) is 0 Å². The van der Waals surface area contributed by atoms with Crippen molar-refractivity contribution in [2.75, 3.05) is 18.6 Å². The molecule has 2 aromatic rings. The fourth-order valence-electron chi connectivity index (χ4n) is 3.18. The first-order chi connectivity index (χ1) is 11.5. The Morgan fingerprint density at radius 2 is 1.92 bits per heavy atom. The smallest absolute Gasteiger partial charge is 0.337 e. The van der Waals surface area contributed by atoms with Gasteiger partial charge in [-0.15, -0.1) is 0 Å². The Morgan fingerprint density at radius 3 is 2.67 bits per heavy atom. The summed E-state index contributed by atoms with van der Waals surface area (Å²) in [6.45, 7) is 2.37. The number of halogens is 1. The third-order valence-electron chi connectivity index (χ3n) is 4.22. The molecule has 1 heterocycles. The van der Waals surface area contributed by atoms with Crippen LogP contribution in [-0.2, 0) is 11.2 Å². The molecule has 0 unspecified atom stereocenters. The molecule has 0 fully saturated rings. The van der Waals surface area contributed by atoms with Gasteiger partial charge in [0.25, 0.3) is 5.91 Å². The summed E-state index contributed by atoms with van der Waals surface area (Å²) in [5.74, 6) is -0.966. The van der Waals surface area contributed by atoms with Crippen molar-refractivity contribution in [2.45, 2.75) is 19.8 Å². The number of aryl methyl sites for hydroxylation is 2. The van der Waals surface area contributed by atoms with Crippen molar-refractivity contribution in [3.05, 3.63) is 64.5 Å². The molecule has 124 valence electrons. The number of carbonyl (C=O) groups is 2. The summed E-state index contributed by atoms with van der Waals surface area (Å²) in [5, 5.41) is 0. The molecule has 0 aromatic heterocycles. The maximum Gasteiger partial charge on any atom is 0.337 e. The lowest BCUT2D eigenvalue weighted by Crippen LogP contribution is -2.36. The Bertz CT molecular complexity index is 816. The molecule has 5 heteroatoms. The van der Waals surface area contributed by atoms with Gasteiger partial charge in [0, 0.05) is 12.1 Å². The first-order valence-corrected chi connectivity index (χ1v) is 7.80. The van der Waals surface area contributed by atoms with E-state index in [-0.39, 0.29) is 11.7 Å². The monoisotopic (exact) mass is 327 g/mol. The number of ether oxygens (including phenoxy) is 1. The summed E-state index contributed by atoms with van der Waals surface area (Å²) in [4.78, 5) is 26.3. The molecule has 24 heavy (non-hydrogen) atoms. The molecule has 0 radical (unpaired) electrons. The van der Waals surface area contributed by atoms with Crippen LogP contribution in [0.15, 0.2) is 36.4 Å². The maximum absolute atomic E-state index is 13.6. The van der Waals surface area contributed by atoms with Gasteiger partial charge in [-0.3, -0.25) is 4.79 Å². The predicted octanol–water partition coefficient (Wildman–Crippen LogP) is 3.51. The van der Waals surface area contributed by atoms with Crippen LogP contribution in [0.1, 0.15) is 38.3 Å². The molecule has 0 saturated heterocycles. The fraction of sp³-hybridized carbons (Fsp3) is 0.263. The van der Waals surface area contributed by atoms with E-state index in [1.54, 1.807) is 30.0 Å². The molecular weight excluding hydrogens is 309 g/mol. The number of anilines is 1. The molecule has 3 rings (SSSR count). The number of benzene rings is 2. The van der Waals surface area contributed by atoms with Crippen LogP contribution in [-0.4, -0.2) is 25.5 Å². The van der Waals surface area contributed by atoms with Crippen LogP contribution >= 0.6 is 0 Å². The first-order valence-electron chi connectivity index (χ1n) is 7.80. The van der Waals surface area contributed by atoms with Gasteiger partial charge in [0.1, 0.15) is 5.82 Å². The molecule has 0 spiro atoms. The van der Waals surface area contributed by atoms with Gasteiger partial charge in [0.2, 0.25) is 0 Å². The minimum atomic E-state index is -0.484. The summed E-state index contributed by atoms with van der Waals surface area (Å²) in [6.07, 6.45) is 1.53. The van der Waals surface area contributed by atoms with Crippen LogP contribution in [0.3, 0.4) is 0 Å². The number of methoxy groups -OCH3 is 1. The SMILES string of the molecule is COC(=O)c1cccc(C(=O)N2CCCc3cc(F)cc(C)c32)c1. The van der Waals surface area contributed by atoms with Crippen LogP contribution in [0.25, 0.3) is 0 Å². The van der Waals surface area contributed by atoms with E-state index in [9.17, 15) is 14.0 Å². The number of carbonyl (C=O) groups excluding carboxylic acids is 2. The topological polar surface area (TPSA) is 46.6 Å². The first kappa shape index (κ1) is 16.2. The van der Waals surface area contributed by atoms with E-state index in [0.717, 1.165) is 29.7 Å². The van der Waals surface area contributed by atoms with Gasteiger partial charge in [-0.25, -0.2) is 9.18 Å². The number of hydrogen-bond donors (Lipinski definition) is 0. The van der Waals surface area contributed by atoms with E-state index in [1.807, 2.05) is 0 Å². The predicted molar refractivity (Wildman–Crippen MR) is 88.9 cm³/mol. The number of rotatable bonds is 2. The van der Waals surface area contributed by atoms with Crippen molar-refractivity contribution in [1.29, 1.82) is 0 Å². The zero-order chi connectivity index (χ0) is 17.3. The molecule has 0 aliphatic carbocycles. The number of hydrogen-bond acceptors (Lipinski definition) is 3. The molecular formula is C19H18FNO3. The zero-order valence-electron chi connectivity index (χ0n) is 13.6. The Kier molecular flexibility index (Phi) is 4.34. The fourth-order valence-corrected chi connectivity index (χ4v) is 3.18. The van der Waals surface area contributed by atoms with E-state index in [4.69, 9.17) is 4.74 Å². The molecule has 0 atom stereocenters. The summed E-state index contributed by atoms with van der Waals surface area (Å²) < 4.78 is 18.3. The average molecular weight is 327 g/mol. The Labute approximate surface area is 139 Å². The normalized spacial score (nSPS) is 13.4. The average Bonchev–Trinajstić information content (AvgIpc) is 2.59. The molecule has 1 amide bonds. The molecule has 1 aliphatic heterocycles. The van der Waals surface area contributed by atoms with Crippen LogP contribution in [0.2, 0.25) is 0 Å². The van der Waals surface area contributed by atoms with Gasteiger partial charge in [0.15, 0.2) is 0 Å². The summed E-state index contributed by atoms with van der Waals surface area (Å²) in [6, 6.07) is 9.39. The Morgan fingerprint density at radius 1 is 1.17 bits per heavy atom. The lowest BCUT2D eigenvalue weighted by Gasteiger charge is -2.31.